The molecule has 0 amide bonds. The fraction of sp³-hybridized carbons (Fsp3) is 0.625. The Balaban J connectivity index is 1.85. The largest absolute Gasteiger partial charge is 0.493 e. The van der Waals surface area contributed by atoms with Crippen LogP contribution in [0.4, 0.5) is 0 Å². The Bertz CT molecular complexity index is 402. The lowest BCUT2D eigenvalue weighted by Gasteiger charge is -2.13. The van der Waals surface area contributed by atoms with E-state index in [1.165, 1.54) is 18.4 Å². The van der Waals surface area contributed by atoms with E-state index in [9.17, 15) is 0 Å². The van der Waals surface area contributed by atoms with Crippen molar-refractivity contribution in [1.82, 2.24) is 5.32 Å². The topological polar surface area (TPSA) is 30.5 Å². The van der Waals surface area contributed by atoms with E-state index >= 15 is 0 Å². The van der Waals surface area contributed by atoms with Crippen LogP contribution in [0.25, 0.3) is 0 Å². The number of nitrogens with one attached hydrogen (secondary N) is 1. The first-order chi connectivity index (χ1) is 9.24. The van der Waals surface area contributed by atoms with Crippen molar-refractivity contribution >= 4 is 0 Å². The van der Waals surface area contributed by atoms with E-state index in [4.69, 9.17) is 9.47 Å². The zero-order valence-corrected chi connectivity index (χ0v) is 12.2. The standard InChI is InChI=1S/C16H25NO2/c1-4-19-15-8-5-13(9-16(15)18-3)11-17-10-12(2)14-6-7-14/h5,8-9,12,14,17H,4,6-7,10-11H2,1-3H3. The maximum Gasteiger partial charge on any atom is 0.161 e. The first-order valence-corrected chi connectivity index (χ1v) is 7.25. The normalized spacial score (nSPS) is 16.2. The minimum Gasteiger partial charge on any atom is -0.493 e. The van der Waals surface area contributed by atoms with Gasteiger partial charge in [-0.25, -0.2) is 0 Å². The van der Waals surface area contributed by atoms with Crippen molar-refractivity contribution in [3.05, 3.63) is 23.8 Å². The quantitative estimate of drug-likeness (QED) is 0.781. The Labute approximate surface area is 116 Å². The predicted octanol–water partition coefficient (Wildman–Crippen LogP) is 3.23. The monoisotopic (exact) mass is 263 g/mol. The summed E-state index contributed by atoms with van der Waals surface area (Å²) in [6.45, 7) is 6.96. The van der Waals surface area contributed by atoms with Gasteiger partial charge in [0.15, 0.2) is 11.5 Å². The van der Waals surface area contributed by atoms with Crippen molar-refractivity contribution in [3.63, 3.8) is 0 Å². The summed E-state index contributed by atoms with van der Waals surface area (Å²) in [6.07, 6.45) is 2.83. The van der Waals surface area contributed by atoms with Gasteiger partial charge in [0, 0.05) is 6.54 Å². The number of rotatable bonds is 8. The zero-order valence-electron chi connectivity index (χ0n) is 12.2. The van der Waals surface area contributed by atoms with Gasteiger partial charge in [0.2, 0.25) is 0 Å². The highest BCUT2D eigenvalue weighted by Gasteiger charge is 2.27. The first-order valence-electron chi connectivity index (χ1n) is 7.25. The second kappa shape index (κ2) is 6.80. The van der Waals surface area contributed by atoms with Crippen molar-refractivity contribution in [3.8, 4) is 11.5 Å². The smallest absolute Gasteiger partial charge is 0.161 e. The Hall–Kier alpha value is -1.22. The lowest BCUT2D eigenvalue weighted by atomic mass is 10.1. The van der Waals surface area contributed by atoms with Crippen LogP contribution in [0.3, 0.4) is 0 Å². The number of ether oxygens (including phenoxy) is 2. The summed E-state index contributed by atoms with van der Waals surface area (Å²) in [7, 11) is 1.68. The minimum absolute atomic E-state index is 0.660. The van der Waals surface area contributed by atoms with Gasteiger partial charge in [0.25, 0.3) is 0 Å². The van der Waals surface area contributed by atoms with Crippen LogP contribution in [0, 0.1) is 11.8 Å². The first kappa shape index (κ1) is 14.2. The second-order valence-electron chi connectivity index (χ2n) is 5.36. The van der Waals surface area contributed by atoms with Crippen LogP contribution in [0.2, 0.25) is 0 Å². The van der Waals surface area contributed by atoms with Crippen LogP contribution >= 0.6 is 0 Å². The Morgan fingerprint density at radius 3 is 2.74 bits per heavy atom. The van der Waals surface area contributed by atoms with Crippen molar-refractivity contribution in [2.75, 3.05) is 20.3 Å². The van der Waals surface area contributed by atoms with Crippen LogP contribution in [-0.4, -0.2) is 20.3 Å². The van der Waals surface area contributed by atoms with Gasteiger partial charge in [-0.15, -0.1) is 0 Å². The third kappa shape index (κ3) is 4.13. The molecule has 0 radical (unpaired) electrons. The lowest BCUT2D eigenvalue weighted by molar-refractivity contribution is 0.310. The van der Waals surface area contributed by atoms with Gasteiger partial charge in [0.1, 0.15) is 0 Å². The van der Waals surface area contributed by atoms with Crippen molar-refractivity contribution in [1.29, 1.82) is 0 Å². The van der Waals surface area contributed by atoms with Crippen molar-refractivity contribution in [2.24, 2.45) is 11.8 Å². The van der Waals surface area contributed by atoms with Crippen LogP contribution in [-0.2, 0) is 6.54 Å². The molecule has 1 aliphatic rings. The van der Waals surface area contributed by atoms with E-state index in [1.54, 1.807) is 7.11 Å². The van der Waals surface area contributed by atoms with E-state index in [1.807, 2.05) is 13.0 Å². The van der Waals surface area contributed by atoms with Crippen LogP contribution in [0.1, 0.15) is 32.3 Å². The summed E-state index contributed by atoms with van der Waals surface area (Å²) in [5, 5.41) is 3.53. The van der Waals surface area contributed by atoms with Crippen molar-refractivity contribution < 1.29 is 9.47 Å². The highest BCUT2D eigenvalue weighted by molar-refractivity contribution is 5.42. The van der Waals surface area contributed by atoms with Gasteiger partial charge >= 0.3 is 0 Å². The lowest BCUT2D eigenvalue weighted by Crippen LogP contribution is -2.21. The minimum atomic E-state index is 0.660. The summed E-state index contributed by atoms with van der Waals surface area (Å²) in [4.78, 5) is 0. The molecule has 19 heavy (non-hydrogen) atoms. The van der Waals surface area contributed by atoms with Gasteiger partial charge < -0.3 is 14.8 Å². The average Bonchev–Trinajstić information content (AvgIpc) is 3.25. The van der Waals surface area contributed by atoms with Gasteiger partial charge in [0.05, 0.1) is 13.7 Å². The Morgan fingerprint density at radius 1 is 1.32 bits per heavy atom. The molecule has 1 fully saturated rings. The van der Waals surface area contributed by atoms with E-state index in [0.29, 0.717) is 6.61 Å². The van der Waals surface area contributed by atoms with E-state index in [0.717, 1.165) is 36.4 Å². The summed E-state index contributed by atoms with van der Waals surface area (Å²) < 4.78 is 10.9. The maximum atomic E-state index is 5.52. The molecule has 3 heteroatoms. The zero-order chi connectivity index (χ0) is 13.7. The SMILES string of the molecule is CCOc1ccc(CNCC(C)C2CC2)cc1OC. The van der Waals surface area contributed by atoms with Gasteiger partial charge in [-0.1, -0.05) is 13.0 Å². The highest BCUT2D eigenvalue weighted by atomic mass is 16.5. The van der Waals surface area contributed by atoms with Crippen molar-refractivity contribution in [2.45, 2.75) is 33.2 Å². The molecule has 1 atom stereocenters. The highest BCUT2D eigenvalue weighted by Crippen LogP contribution is 2.36. The summed E-state index contributed by atoms with van der Waals surface area (Å²) in [6, 6.07) is 6.14. The molecule has 1 unspecified atom stereocenters. The predicted molar refractivity (Wildman–Crippen MR) is 77.8 cm³/mol. The fourth-order valence-electron chi connectivity index (χ4n) is 2.37. The third-order valence-electron chi connectivity index (χ3n) is 3.75. The summed E-state index contributed by atoms with van der Waals surface area (Å²) in [5.41, 5.74) is 1.24. The fourth-order valence-corrected chi connectivity index (χ4v) is 2.37. The third-order valence-corrected chi connectivity index (χ3v) is 3.75. The molecule has 1 aromatic rings. The van der Waals surface area contributed by atoms with Crippen LogP contribution < -0.4 is 14.8 Å². The molecular weight excluding hydrogens is 238 g/mol. The van der Waals surface area contributed by atoms with Gasteiger partial charge in [-0.3, -0.25) is 0 Å². The molecule has 1 aliphatic carbocycles. The molecule has 1 aromatic carbocycles. The van der Waals surface area contributed by atoms with E-state index in [2.05, 4.69) is 24.4 Å². The van der Waals surface area contributed by atoms with E-state index in [-0.39, 0.29) is 0 Å². The summed E-state index contributed by atoms with van der Waals surface area (Å²) >= 11 is 0. The molecule has 0 spiro atoms. The van der Waals surface area contributed by atoms with Gasteiger partial charge in [-0.2, -0.15) is 0 Å². The average molecular weight is 263 g/mol. The molecule has 0 saturated heterocycles. The molecule has 1 N–H and O–H groups in total. The molecule has 0 bridgehead atoms. The Morgan fingerprint density at radius 2 is 2.11 bits per heavy atom. The molecular formula is C16H25NO2. The molecule has 1 saturated carbocycles. The molecule has 3 nitrogen and oxygen atoms in total. The molecule has 0 aliphatic heterocycles. The molecule has 106 valence electrons. The number of hydrogen-bond acceptors (Lipinski definition) is 3. The molecule has 0 aromatic heterocycles. The number of methoxy groups -OCH3 is 1. The van der Waals surface area contributed by atoms with Gasteiger partial charge in [-0.05, 0) is 55.8 Å². The van der Waals surface area contributed by atoms with E-state index < -0.39 is 0 Å². The Kier molecular flexibility index (Phi) is 5.08. The molecule has 2 rings (SSSR count). The van der Waals surface area contributed by atoms with Crippen LogP contribution in [0.15, 0.2) is 18.2 Å². The summed E-state index contributed by atoms with van der Waals surface area (Å²) in [5.74, 6) is 3.39. The number of hydrogen-bond donors (Lipinski definition) is 1. The molecule has 0 heterocycles. The number of benzene rings is 1. The second-order valence-corrected chi connectivity index (χ2v) is 5.36. The van der Waals surface area contributed by atoms with Crippen LogP contribution in [0.5, 0.6) is 11.5 Å². The maximum absolute atomic E-state index is 5.52.